The van der Waals surface area contributed by atoms with Crippen LogP contribution in [0.5, 0.6) is 0 Å². The van der Waals surface area contributed by atoms with Gasteiger partial charge in [0.2, 0.25) is 0 Å². The second-order valence-electron chi connectivity index (χ2n) is 5.03. The zero-order valence-corrected chi connectivity index (χ0v) is 11.8. The molecule has 0 amide bonds. The average Bonchev–Trinajstić information content (AvgIpc) is 2.36. The molecule has 2 heteroatoms. The smallest absolute Gasteiger partial charge is 0.163 e. The van der Waals surface area contributed by atoms with Gasteiger partial charge in [0.15, 0.2) is 5.78 Å². The van der Waals surface area contributed by atoms with Gasteiger partial charge < -0.3 is 5.32 Å². The van der Waals surface area contributed by atoms with Crippen LogP contribution in [-0.2, 0) is 6.42 Å². The third kappa shape index (κ3) is 4.61. The second kappa shape index (κ2) is 8.04. The maximum absolute atomic E-state index is 12.3. The lowest BCUT2D eigenvalue weighted by Crippen LogP contribution is -2.14. The predicted molar refractivity (Wildman–Crippen MR) is 77.1 cm³/mol. The van der Waals surface area contributed by atoms with Crippen LogP contribution < -0.4 is 5.32 Å². The van der Waals surface area contributed by atoms with E-state index in [0.29, 0.717) is 18.1 Å². The van der Waals surface area contributed by atoms with Crippen LogP contribution in [0.15, 0.2) is 24.3 Å². The number of benzene rings is 1. The van der Waals surface area contributed by atoms with Crippen molar-refractivity contribution < 1.29 is 4.79 Å². The van der Waals surface area contributed by atoms with E-state index in [9.17, 15) is 4.79 Å². The molecular weight excluding hydrogens is 222 g/mol. The third-order valence-electron chi connectivity index (χ3n) is 3.28. The number of nitrogens with one attached hydrogen (secondary N) is 1. The zero-order chi connectivity index (χ0) is 13.4. The van der Waals surface area contributed by atoms with E-state index in [2.05, 4.69) is 25.2 Å². The predicted octanol–water partition coefficient (Wildman–Crippen LogP) is 3.46. The molecule has 0 bridgehead atoms. The molecule has 1 aromatic carbocycles. The lowest BCUT2D eigenvalue weighted by molar-refractivity contribution is 0.0961. The summed E-state index contributed by atoms with van der Waals surface area (Å²) in [6.07, 6.45) is 3.87. The Hall–Kier alpha value is -1.15. The average molecular weight is 247 g/mol. The lowest BCUT2D eigenvalue weighted by atomic mass is 9.93. The number of ketones is 1. The summed E-state index contributed by atoms with van der Waals surface area (Å²) in [4.78, 5) is 12.3. The molecule has 1 rings (SSSR count). The standard InChI is InChI=1S/C16H25NO/c1-4-7-13(2)12-16(18)15-9-6-5-8-14(15)10-11-17-3/h5-6,8-9,13,17H,4,7,10-12H2,1-3H3. The maximum atomic E-state index is 12.3. The molecule has 0 saturated carbocycles. The van der Waals surface area contributed by atoms with E-state index in [-0.39, 0.29) is 0 Å². The fourth-order valence-electron chi connectivity index (χ4n) is 2.29. The Kier molecular flexibility index (Phi) is 6.66. The first-order valence-corrected chi connectivity index (χ1v) is 6.94. The Balaban J connectivity index is 2.71. The number of rotatable bonds is 8. The van der Waals surface area contributed by atoms with Gasteiger partial charge in [-0.2, -0.15) is 0 Å². The van der Waals surface area contributed by atoms with Gasteiger partial charge in [-0.3, -0.25) is 4.79 Å². The van der Waals surface area contributed by atoms with Crippen LogP contribution in [0, 0.1) is 5.92 Å². The summed E-state index contributed by atoms with van der Waals surface area (Å²) < 4.78 is 0. The van der Waals surface area contributed by atoms with Crippen LogP contribution >= 0.6 is 0 Å². The molecule has 2 nitrogen and oxygen atoms in total. The van der Waals surface area contributed by atoms with Crippen molar-refractivity contribution in [3.63, 3.8) is 0 Å². The Labute approximate surface area is 111 Å². The van der Waals surface area contributed by atoms with Gasteiger partial charge in [0.1, 0.15) is 0 Å². The first-order valence-electron chi connectivity index (χ1n) is 6.94. The van der Waals surface area contributed by atoms with Crippen molar-refractivity contribution in [2.45, 2.75) is 39.5 Å². The molecule has 0 aliphatic carbocycles. The third-order valence-corrected chi connectivity index (χ3v) is 3.28. The van der Waals surface area contributed by atoms with Crippen LogP contribution in [0.25, 0.3) is 0 Å². The summed E-state index contributed by atoms with van der Waals surface area (Å²) in [6, 6.07) is 8.00. The highest BCUT2D eigenvalue weighted by molar-refractivity contribution is 5.97. The van der Waals surface area contributed by atoms with Gasteiger partial charge in [0.25, 0.3) is 0 Å². The van der Waals surface area contributed by atoms with Gasteiger partial charge in [-0.25, -0.2) is 0 Å². The minimum atomic E-state index is 0.294. The van der Waals surface area contributed by atoms with Crippen LogP contribution in [0.1, 0.15) is 49.0 Å². The second-order valence-corrected chi connectivity index (χ2v) is 5.03. The van der Waals surface area contributed by atoms with Crippen molar-refractivity contribution in [3.05, 3.63) is 35.4 Å². The normalized spacial score (nSPS) is 12.4. The number of hydrogen-bond donors (Lipinski definition) is 1. The van der Waals surface area contributed by atoms with Gasteiger partial charge in [-0.05, 0) is 31.5 Å². The molecule has 0 saturated heterocycles. The van der Waals surface area contributed by atoms with Crippen molar-refractivity contribution in [1.29, 1.82) is 0 Å². The van der Waals surface area contributed by atoms with E-state index in [1.54, 1.807) is 0 Å². The van der Waals surface area contributed by atoms with Gasteiger partial charge in [-0.15, -0.1) is 0 Å². The summed E-state index contributed by atoms with van der Waals surface area (Å²) >= 11 is 0. The number of carbonyl (C=O) groups excluding carboxylic acids is 1. The summed E-state index contributed by atoms with van der Waals surface area (Å²) in [5.74, 6) is 0.780. The number of hydrogen-bond acceptors (Lipinski definition) is 2. The Morgan fingerprint density at radius 1 is 1.33 bits per heavy atom. The van der Waals surface area contributed by atoms with Gasteiger partial charge in [0, 0.05) is 12.0 Å². The number of carbonyl (C=O) groups is 1. The molecule has 0 spiro atoms. The fraction of sp³-hybridized carbons (Fsp3) is 0.562. The largest absolute Gasteiger partial charge is 0.319 e. The summed E-state index contributed by atoms with van der Waals surface area (Å²) in [5, 5.41) is 3.13. The molecule has 0 fully saturated rings. The Bertz CT molecular complexity index is 373. The molecule has 0 heterocycles. The molecule has 0 aliphatic rings. The molecule has 0 aliphatic heterocycles. The van der Waals surface area contributed by atoms with Crippen molar-refractivity contribution in [3.8, 4) is 0 Å². The minimum Gasteiger partial charge on any atom is -0.319 e. The van der Waals surface area contributed by atoms with Gasteiger partial charge >= 0.3 is 0 Å². The molecule has 0 radical (unpaired) electrons. The molecule has 1 unspecified atom stereocenters. The van der Waals surface area contributed by atoms with E-state index in [4.69, 9.17) is 0 Å². The highest BCUT2D eigenvalue weighted by Crippen LogP contribution is 2.17. The molecule has 100 valence electrons. The van der Waals surface area contributed by atoms with Crippen LogP contribution in [-0.4, -0.2) is 19.4 Å². The first kappa shape index (κ1) is 14.9. The molecule has 1 N–H and O–H groups in total. The van der Waals surface area contributed by atoms with E-state index in [1.165, 1.54) is 5.56 Å². The van der Waals surface area contributed by atoms with Crippen LogP contribution in [0.3, 0.4) is 0 Å². The number of likely N-dealkylation sites (N-methyl/N-ethyl adjacent to an activating group) is 1. The van der Waals surface area contributed by atoms with Crippen molar-refractivity contribution in [2.75, 3.05) is 13.6 Å². The van der Waals surface area contributed by atoms with E-state index in [0.717, 1.165) is 31.4 Å². The highest BCUT2D eigenvalue weighted by atomic mass is 16.1. The molecule has 1 aromatic rings. The summed E-state index contributed by atoms with van der Waals surface area (Å²) in [7, 11) is 1.94. The molecular formula is C16H25NO. The van der Waals surface area contributed by atoms with E-state index < -0.39 is 0 Å². The van der Waals surface area contributed by atoms with Crippen molar-refractivity contribution in [2.24, 2.45) is 5.92 Å². The maximum Gasteiger partial charge on any atom is 0.163 e. The highest BCUT2D eigenvalue weighted by Gasteiger charge is 2.13. The molecule has 0 aromatic heterocycles. The zero-order valence-electron chi connectivity index (χ0n) is 11.8. The summed E-state index contributed by atoms with van der Waals surface area (Å²) in [6.45, 7) is 5.24. The molecule has 18 heavy (non-hydrogen) atoms. The van der Waals surface area contributed by atoms with Crippen molar-refractivity contribution in [1.82, 2.24) is 5.32 Å². The monoisotopic (exact) mass is 247 g/mol. The first-order chi connectivity index (χ1) is 8.69. The van der Waals surface area contributed by atoms with E-state index in [1.807, 2.05) is 25.2 Å². The van der Waals surface area contributed by atoms with Crippen LogP contribution in [0.4, 0.5) is 0 Å². The quantitative estimate of drug-likeness (QED) is 0.713. The summed E-state index contributed by atoms with van der Waals surface area (Å²) in [5.41, 5.74) is 2.08. The Morgan fingerprint density at radius 2 is 2.06 bits per heavy atom. The minimum absolute atomic E-state index is 0.294. The van der Waals surface area contributed by atoms with E-state index >= 15 is 0 Å². The number of Topliss-reactive ketones (excluding diaryl/α,β-unsaturated/α-hetero) is 1. The lowest BCUT2D eigenvalue weighted by Gasteiger charge is -2.12. The van der Waals surface area contributed by atoms with Gasteiger partial charge in [-0.1, -0.05) is 51.0 Å². The van der Waals surface area contributed by atoms with Crippen molar-refractivity contribution >= 4 is 5.78 Å². The van der Waals surface area contributed by atoms with Gasteiger partial charge in [0.05, 0.1) is 0 Å². The fourth-order valence-corrected chi connectivity index (χ4v) is 2.29. The molecule has 1 atom stereocenters. The SMILES string of the molecule is CCCC(C)CC(=O)c1ccccc1CCNC. The Morgan fingerprint density at radius 3 is 2.72 bits per heavy atom. The topological polar surface area (TPSA) is 29.1 Å². The van der Waals surface area contributed by atoms with Crippen LogP contribution in [0.2, 0.25) is 0 Å².